The third-order valence-electron chi connectivity index (χ3n) is 5.58. The quantitative estimate of drug-likeness (QED) is 0.347. The molecule has 0 aliphatic rings. The number of hydrogen-bond acceptors (Lipinski definition) is 6. The summed E-state index contributed by atoms with van der Waals surface area (Å²) in [5, 5.41) is 0. The lowest BCUT2D eigenvalue weighted by molar-refractivity contribution is 0.0525. The summed E-state index contributed by atoms with van der Waals surface area (Å²) in [6, 6.07) is 0. The molecule has 2 heterocycles. The first-order valence-corrected chi connectivity index (χ1v) is 11.5. The van der Waals surface area contributed by atoms with Crippen molar-refractivity contribution in [2.45, 2.75) is 73.3 Å². The number of ether oxygens (including phenoxy) is 1. The van der Waals surface area contributed by atoms with Crippen molar-refractivity contribution < 1.29 is 14.3 Å². The van der Waals surface area contributed by atoms with E-state index in [0.29, 0.717) is 36.2 Å². The lowest BCUT2D eigenvalue weighted by Crippen LogP contribution is -2.42. The number of amides is 1. The van der Waals surface area contributed by atoms with Gasteiger partial charge in [0.2, 0.25) is 0 Å². The van der Waals surface area contributed by atoms with Crippen LogP contribution in [0, 0.1) is 13.8 Å². The first-order valence-electron chi connectivity index (χ1n) is 11.5. The number of carbonyl (C=O) groups is 2. The maximum Gasteiger partial charge on any atom is 0.340 e. The maximum absolute atomic E-state index is 13.7. The smallest absolute Gasteiger partial charge is 0.340 e. The number of H-pyrrole nitrogens is 2. The first-order chi connectivity index (χ1) is 15.7. The van der Waals surface area contributed by atoms with Crippen LogP contribution < -0.4 is 21.9 Å². The predicted molar refractivity (Wildman–Crippen MR) is 128 cm³/mol. The van der Waals surface area contributed by atoms with Gasteiger partial charge < -0.3 is 15.5 Å². The van der Waals surface area contributed by atoms with Crippen molar-refractivity contribution >= 4 is 23.4 Å². The Labute approximate surface area is 193 Å². The molecule has 0 radical (unpaired) electrons. The summed E-state index contributed by atoms with van der Waals surface area (Å²) in [4.78, 5) is 57.8. The van der Waals surface area contributed by atoms with Crippen molar-refractivity contribution in [3.63, 3.8) is 0 Å². The highest BCUT2D eigenvalue weighted by atomic mass is 16.5. The fraction of sp³-hybridized carbons (Fsp3) is 0.565. The maximum atomic E-state index is 13.7. The molecule has 182 valence electrons. The Kier molecular flexibility index (Phi) is 9.07. The van der Waals surface area contributed by atoms with Crippen LogP contribution in [0.25, 0.3) is 0 Å². The lowest BCUT2D eigenvalue weighted by atomic mass is 10.1. The third-order valence-corrected chi connectivity index (χ3v) is 5.58. The summed E-state index contributed by atoms with van der Waals surface area (Å²) in [5.41, 5.74) is 6.29. The van der Waals surface area contributed by atoms with Crippen LogP contribution in [-0.2, 0) is 11.3 Å². The second-order valence-electron chi connectivity index (χ2n) is 8.01. The number of hydrogen-bond donors (Lipinski definition) is 3. The predicted octanol–water partition coefficient (Wildman–Crippen LogP) is 2.88. The number of nitrogens with two attached hydrogens (primary N) is 1. The largest absolute Gasteiger partial charge is 0.462 e. The van der Waals surface area contributed by atoms with E-state index in [9.17, 15) is 19.2 Å². The number of aromatic amines is 2. The minimum absolute atomic E-state index is 0.0476. The number of aromatic nitrogens is 3. The van der Waals surface area contributed by atoms with Crippen molar-refractivity contribution in [2.75, 3.05) is 23.8 Å². The molecule has 0 saturated carbocycles. The number of nitrogens with one attached hydrogen (secondary N) is 2. The lowest BCUT2D eigenvalue weighted by Gasteiger charge is -2.24. The molecule has 4 N–H and O–H groups in total. The summed E-state index contributed by atoms with van der Waals surface area (Å²) in [6.45, 7) is 9.83. The molecular weight excluding hydrogens is 426 g/mol. The summed E-state index contributed by atoms with van der Waals surface area (Å²) >= 11 is 0. The second-order valence-corrected chi connectivity index (χ2v) is 8.01. The Balaban J connectivity index is 2.62. The molecule has 0 bridgehead atoms. The number of aryl methyl sites for hydroxylation is 1. The summed E-state index contributed by atoms with van der Waals surface area (Å²) in [6.07, 6.45) is 3.92. The molecule has 2 aromatic heterocycles. The van der Waals surface area contributed by atoms with E-state index in [2.05, 4.69) is 9.97 Å². The fourth-order valence-corrected chi connectivity index (χ4v) is 3.82. The van der Waals surface area contributed by atoms with Gasteiger partial charge in [-0.2, -0.15) is 0 Å². The Morgan fingerprint density at radius 2 is 1.70 bits per heavy atom. The van der Waals surface area contributed by atoms with Gasteiger partial charge in [0.25, 0.3) is 11.5 Å². The topological polar surface area (TPSA) is 143 Å². The van der Waals surface area contributed by atoms with E-state index in [1.54, 1.807) is 20.8 Å². The van der Waals surface area contributed by atoms with Gasteiger partial charge in [-0.3, -0.25) is 24.0 Å². The Morgan fingerprint density at radius 1 is 1.03 bits per heavy atom. The zero-order valence-electron chi connectivity index (χ0n) is 20.2. The molecule has 0 aliphatic carbocycles. The molecule has 0 aromatic carbocycles. The van der Waals surface area contributed by atoms with Crippen molar-refractivity contribution in [1.82, 2.24) is 14.5 Å². The van der Waals surface area contributed by atoms with Gasteiger partial charge in [-0.05, 0) is 39.2 Å². The number of carbonyl (C=O) groups excluding carboxylic acids is 2. The molecule has 0 atom stereocenters. The van der Waals surface area contributed by atoms with Crippen LogP contribution in [0.4, 0.5) is 11.5 Å². The average Bonchev–Trinajstić information content (AvgIpc) is 3.06. The third kappa shape index (κ3) is 5.55. The van der Waals surface area contributed by atoms with Gasteiger partial charge in [0.05, 0.1) is 12.2 Å². The van der Waals surface area contributed by atoms with Gasteiger partial charge in [-0.1, -0.05) is 33.1 Å². The molecule has 0 aliphatic heterocycles. The van der Waals surface area contributed by atoms with Gasteiger partial charge in [-0.15, -0.1) is 0 Å². The van der Waals surface area contributed by atoms with Crippen molar-refractivity contribution in [1.29, 1.82) is 0 Å². The van der Waals surface area contributed by atoms with Crippen LogP contribution in [0.2, 0.25) is 0 Å². The molecule has 0 spiro atoms. The number of nitrogen functional groups attached to an aromatic ring is 1. The second kappa shape index (κ2) is 11.5. The number of rotatable bonds is 11. The molecule has 10 nitrogen and oxygen atoms in total. The van der Waals surface area contributed by atoms with Crippen LogP contribution >= 0.6 is 0 Å². The molecular formula is C23H35N5O5. The van der Waals surface area contributed by atoms with Crippen LogP contribution in [0.15, 0.2) is 9.59 Å². The van der Waals surface area contributed by atoms with E-state index in [4.69, 9.17) is 10.5 Å². The summed E-state index contributed by atoms with van der Waals surface area (Å²) in [7, 11) is 0. The van der Waals surface area contributed by atoms with Crippen molar-refractivity contribution in [3.8, 4) is 0 Å². The molecule has 2 aromatic rings. The van der Waals surface area contributed by atoms with E-state index in [1.165, 1.54) is 9.47 Å². The molecule has 0 unspecified atom stereocenters. The molecule has 0 saturated heterocycles. The number of anilines is 2. The number of esters is 1. The zero-order valence-corrected chi connectivity index (χ0v) is 20.2. The van der Waals surface area contributed by atoms with Gasteiger partial charge >= 0.3 is 11.7 Å². The molecule has 0 fully saturated rings. The van der Waals surface area contributed by atoms with Crippen LogP contribution in [0.1, 0.15) is 85.0 Å². The normalized spacial score (nSPS) is 10.9. The Hall–Kier alpha value is -3.30. The van der Waals surface area contributed by atoms with Crippen molar-refractivity contribution in [2.24, 2.45) is 0 Å². The summed E-state index contributed by atoms with van der Waals surface area (Å²) in [5.74, 6) is -1.07. The fourth-order valence-electron chi connectivity index (χ4n) is 3.82. The van der Waals surface area contributed by atoms with Crippen molar-refractivity contribution in [3.05, 3.63) is 43.4 Å². The highest BCUT2D eigenvalue weighted by Crippen LogP contribution is 2.25. The minimum Gasteiger partial charge on any atom is -0.462 e. The average molecular weight is 462 g/mol. The van der Waals surface area contributed by atoms with Crippen LogP contribution in [-0.4, -0.2) is 39.6 Å². The Bertz CT molecular complexity index is 1110. The molecule has 2 rings (SSSR count). The van der Waals surface area contributed by atoms with Crippen LogP contribution in [0.5, 0.6) is 0 Å². The van der Waals surface area contributed by atoms with E-state index in [1.807, 2.05) is 13.8 Å². The van der Waals surface area contributed by atoms with E-state index in [0.717, 1.165) is 19.3 Å². The SMILES string of the molecule is CCCCCN(C(=O)c1[nH]c(C)c(C(=O)OCC)c1C)c1c(N)n(CCCC)c(=O)[nH]c1=O. The van der Waals surface area contributed by atoms with Gasteiger partial charge in [0, 0.05) is 18.8 Å². The standard InChI is InChI=1S/C23H35N5O5/c1-6-9-11-13-27(18-19(24)28(12-10-7-2)23(32)26-20(18)29)21(30)17-14(4)16(15(5)25-17)22(31)33-8-3/h25H,6-13,24H2,1-5H3,(H,26,29,32). The first kappa shape index (κ1) is 26.0. The van der Waals surface area contributed by atoms with E-state index < -0.39 is 23.1 Å². The minimum atomic E-state index is -0.721. The summed E-state index contributed by atoms with van der Waals surface area (Å²) < 4.78 is 6.40. The monoisotopic (exact) mass is 461 g/mol. The molecule has 1 amide bonds. The van der Waals surface area contributed by atoms with E-state index in [-0.39, 0.29) is 30.4 Å². The highest BCUT2D eigenvalue weighted by molar-refractivity contribution is 6.09. The van der Waals surface area contributed by atoms with Gasteiger partial charge in [-0.25, -0.2) is 9.59 Å². The van der Waals surface area contributed by atoms with Gasteiger partial charge in [0.15, 0.2) is 5.69 Å². The number of unbranched alkanes of at least 4 members (excludes halogenated alkanes) is 3. The highest BCUT2D eigenvalue weighted by Gasteiger charge is 2.30. The number of nitrogens with zero attached hydrogens (tertiary/aromatic N) is 2. The Morgan fingerprint density at radius 3 is 2.30 bits per heavy atom. The molecule has 33 heavy (non-hydrogen) atoms. The van der Waals surface area contributed by atoms with Crippen LogP contribution in [0.3, 0.4) is 0 Å². The van der Waals surface area contributed by atoms with Gasteiger partial charge in [0.1, 0.15) is 11.5 Å². The molecule has 10 heteroatoms. The van der Waals surface area contributed by atoms with E-state index >= 15 is 0 Å². The zero-order chi connectivity index (χ0) is 24.7.